The molecule has 0 aliphatic carbocycles. The van der Waals surface area contributed by atoms with E-state index in [-0.39, 0.29) is 0 Å². The van der Waals surface area contributed by atoms with E-state index in [1.54, 1.807) is 6.33 Å². The second kappa shape index (κ2) is 3.70. The van der Waals surface area contributed by atoms with Gasteiger partial charge in [0.05, 0.1) is 6.61 Å². The van der Waals surface area contributed by atoms with Crippen LogP contribution in [0.4, 0.5) is 0 Å². The van der Waals surface area contributed by atoms with Crippen molar-refractivity contribution in [2.45, 2.75) is 19.3 Å². The van der Waals surface area contributed by atoms with Crippen LogP contribution in [0, 0.1) is 5.41 Å². The highest BCUT2D eigenvalue weighted by atomic mass is 16.5. The van der Waals surface area contributed by atoms with Crippen molar-refractivity contribution in [1.82, 2.24) is 14.9 Å². The average Bonchev–Trinajstić information content (AvgIpc) is 2.33. The molecule has 4 heteroatoms. The summed E-state index contributed by atoms with van der Waals surface area (Å²) in [6.07, 6.45) is 6.99. The third kappa shape index (κ3) is 1.67. The Balaban J connectivity index is 1.82. The van der Waals surface area contributed by atoms with Crippen molar-refractivity contribution in [3.63, 3.8) is 0 Å². The Kier molecular flexibility index (Phi) is 2.32. The van der Waals surface area contributed by atoms with E-state index in [2.05, 4.69) is 21.9 Å². The molecular weight excluding hydrogens is 202 g/mol. The van der Waals surface area contributed by atoms with Gasteiger partial charge >= 0.3 is 0 Å². The van der Waals surface area contributed by atoms with E-state index >= 15 is 0 Å². The van der Waals surface area contributed by atoms with Gasteiger partial charge in [-0.1, -0.05) is 0 Å². The van der Waals surface area contributed by atoms with Crippen molar-refractivity contribution >= 4 is 0 Å². The summed E-state index contributed by atoms with van der Waals surface area (Å²) in [6, 6.07) is 0. The van der Waals surface area contributed by atoms with Crippen molar-refractivity contribution in [3.05, 3.63) is 18.1 Å². The summed E-state index contributed by atoms with van der Waals surface area (Å²) in [5, 5.41) is 0. The summed E-state index contributed by atoms with van der Waals surface area (Å²) in [5.74, 6) is 0.791. The Morgan fingerprint density at radius 1 is 1.38 bits per heavy atom. The third-order valence-corrected chi connectivity index (χ3v) is 3.87. The molecule has 3 heterocycles. The van der Waals surface area contributed by atoms with Crippen LogP contribution in [-0.2, 0) is 6.42 Å². The monoisotopic (exact) mass is 219 g/mol. The number of aromatic nitrogens is 2. The topological polar surface area (TPSA) is 38.2 Å². The predicted molar refractivity (Wildman–Crippen MR) is 60.4 cm³/mol. The minimum absolute atomic E-state index is 0.338. The lowest BCUT2D eigenvalue weighted by atomic mass is 9.74. The van der Waals surface area contributed by atoms with Crippen LogP contribution in [0.3, 0.4) is 0 Å². The Hall–Kier alpha value is -1.16. The van der Waals surface area contributed by atoms with E-state index in [1.807, 2.05) is 6.20 Å². The van der Waals surface area contributed by atoms with E-state index in [9.17, 15) is 0 Å². The van der Waals surface area contributed by atoms with Gasteiger partial charge in [0.15, 0.2) is 0 Å². The van der Waals surface area contributed by atoms with Gasteiger partial charge in [-0.3, -0.25) is 0 Å². The molecule has 1 saturated heterocycles. The maximum Gasteiger partial charge on any atom is 0.219 e. The van der Waals surface area contributed by atoms with Crippen molar-refractivity contribution < 1.29 is 4.74 Å². The number of piperidine rings is 1. The molecule has 1 aromatic heterocycles. The Morgan fingerprint density at radius 3 is 3.00 bits per heavy atom. The molecule has 0 atom stereocenters. The maximum absolute atomic E-state index is 5.78. The predicted octanol–water partition coefficient (Wildman–Crippen LogP) is 1.12. The van der Waals surface area contributed by atoms with Crippen LogP contribution in [0.5, 0.6) is 5.88 Å². The van der Waals surface area contributed by atoms with E-state index in [0.717, 1.165) is 18.9 Å². The van der Waals surface area contributed by atoms with E-state index in [0.29, 0.717) is 5.41 Å². The van der Waals surface area contributed by atoms with E-state index in [4.69, 9.17) is 4.74 Å². The van der Waals surface area contributed by atoms with Gasteiger partial charge in [-0.15, -0.1) is 0 Å². The highest BCUT2D eigenvalue weighted by molar-refractivity contribution is 5.26. The fourth-order valence-corrected chi connectivity index (χ4v) is 2.69. The quantitative estimate of drug-likeness (QED) is 0.655. The number of hydrogen-bond acceptors (Lipinski definition) is 4. The van der Waals surface area contributed by atoms with Crippen molar-refractivity contribution in [2.24, 2.45) is 5.41 Å². The zero-order valence-electron chi connectivity index (χ0n) is 9.65. The molecule has 86 valence electrons. The first-order chi connectivity index (χ1) is 7.77. The zero-order valence-corrected chi connectivity index (χ0v) is 9.65. The molecule has 0 radical (unpaired) electrons. The normalized spacial score (nSPS) is 23.8. The van der Waals surface area contributed by atoms with Crippen LogP contribution in [0.25, 0.3) is 0 Å². The minimum Gasteiger partial charge on any atom is -0.477 e. The molecule has 0 amide bonds. The van der Waals surface area contributed by atoms with Crippen LogP contribution in [-0.4, -0.2) is 41.6 Å². The zero-order chi connectivity index (χ0) is 11.0. The minimum atomic E-state index is 0.338. The summed E-state index contributed by atoms with van der Waals surface area (Å²) in [5.41, 5.74) is 1.52. The third-order valence-electron chi connectivity index (χ3n) is 3.87. The molecule has 0 unspecified atom stereocenters. The molecule has 0 saturated carbocycles. The summed E-state index contributed by atoms with van der Waals surface area (Å²) in [6.45, 7) is 3.17. The molecule has 3 rings (SSSR count). The molecule has 0 N–H and O–H groups in total. The molecule has 2 aliphatic rings. The number of nitrogens with zero attached hydrogens (tertiary/aromatic N) is 3. The van der Waals surface area contributed by atoms with Crippen LogP contribution >= 0.6 is 0 Å². The van der Waals surface area contributed by atoms with Gasteiger partial charge in [-0.25, -0.2) is 9.97 Å². The first-order valence-corrected chi connectivity index (χ1v) is 5.88. The van der Waals surface area contributed by atoms with Gasteiger partial charge in [0, 0.05) is 17.2 Å². The van der Waals surface area contributed by atoms with Crippen LogP contribution < -0.4 is 4.74 Å². The van der Waals surface area contributed by atoms with E-state index < -0.39 is 0 Å². The summed E-state index contributed by atoms with van der Waals surface area (Å²) < 4.78 is 5.78. The second-order valence-corrected chi connectivity index (χ2v) is 5.12. The Morgan fingerprint density at radius 2 is 2.19 bits per heavy atom. The second-order valence-electron chi connectivity index (χ2n) is 5.12. The SMILES string of the molecule is CN1CCC2(CC1)COc1ncncc1C2. The van der Waals surface area contributed by atoms with Gasteiger partial charge in [0.1, 0.15) is 6.33 Å². The molecular formula is C12H17N3O. The Bertz CT molecular complexity index is 386. The number of ether oxygens (including phenoxy) is 1. The molecule has 1 spiro atoms. The molecule has 2 aliphatic heterocycles. The molecule has 0 bridgehead atoms. The van der Waals surface area contributed by atoms with Crippen molar-refractivity contribution in [2.75, 3.05) is 26.7 Å². The number of likely N-dealkylation sites (tertiary alicyclic amines) is 1. The van der Waals surface area contributed by atoms with Gasteiger partial charge in [0.25, 0.3) is 0 Å². The standard InChI is InChI=1S/C12H17N3O/c1-15-4-2-12(3-5-15)6-10-7-13-9-14-11(10)16-8-12/h7,9H,2-6,8H2,1H3. The van der Waals surface area contributed by atoms with Crippen LogP contribution in [0.1, 0.15) is 18.4 Å². The summed E-state index contributed by atoms with van der Waals surface area (Å²) in [4.78, 5) is 10.6. The summed E-state index contributed by atoms with van der Waals surface area (Å²) >= 11 is 0. The molecule has 1 aromatic rings. The van der Waals surface area contributed by atoms with Gasteiger partial charge in [0.2, 0.25) is 5.88 Å². The maximum atomic E-state index is 5.78. The van der Waals surface area contributed by atoms with Crippen LogP contribution in [0.2, 0.25) is 0 Å². The van der Waals surface area contributed by atoms with Crippen molar-refractivity contribution in [3.8, 4) is 5.88 Å². The first kappa shape index (κ1) is 10.0. The average molecular weight is 219 g/mol. The number of fused-ring (bicyclic) bond motifs is 1. The van der Waals surface area contributed by atoms with Crippen molar-refractivity contribution in [1.29, 1.82) is 0 Å². The molecule has 4 nitrogen and oxygen atoms in total. The van der Waals surface area contributed by atoms with E-state index in [1.165, 1.54) is 31.5 Å². The fraction of sp³-hybridized carbons (Fsp3) is 0.667. The lowest BCUT2D eigenvalue weighted by Gasteiger charge is -2.42. The number of hydrogen-bond donors (Lipinski definition) is 0. The summed E-state index contributed by atoms with van der Waals surface area (Å²) in [7, 11) is 2.19. The smallest absolute Gasteiger partial charge is 0.219 e. The van der Waals surface area contributed by atoms with Gasteiger partial charge in [-0.2, -0.15) is 0 Å². The lowest BCUT2D eigenvalue weighted by Crippen LogP contribution is -2.44. The molecule has 16 heavy (non-hydrogen) atoms. The largest absolute Gasteiger partial charge is 0.477 e. The number of rotatable bonds is 0. The first-order valence-electron chi connectivity index (χ1n) is 5.88. The Labute approximate surface area is 95.7 Å². The highest BCUT2D eigenvalue weighted by Gasteiger charge is 2.38. The van der Waals surface area contributed by atoms with Crippen LogP contribution in [0.15, 0.2) is 12.5 Å². The fourth-order valence-electron chi connectivity index (χ4n) is 2.69. The lowest BCUT2D eigenvalue weighted by molar-refractivity contribution is 0.0467. The molecule has 0 aromatic carbocycles. The highest BCUT2D eigenvalue weighted by Crippen LogP contribution is 2.40. The van der Waals surface area contributed by atoms with Gasteiger partial charge < -0.3 is 9.64 Å². The molecule has 1 fully saturated rings. The van der Waals surface area contributed by atoms with Gasteiger partial charge in [-0.05, 0) is 39.4 Å².